The monoisotopic (exact) mass is 387 g/mol. The number of ether oxygens (including phenoxy) is 1. The van der Waals surface area contributed by atoms with Crippen LogP contribution in [0.5, 0.6) is 5.75 Å². The summed E-state index contributed by atoms with van der Waals surface area (Å²) in [5.74, 6) is -0.338. The van der Waals surface area contributed by atoms with Crippen molar-refractivity contribution in [1.29, 1.82) is 0 Å². The molecule has 0 fully saturated rings. The topological polar surface area (TPSA) is 84.3 Å². The lowest BCUT2D eigenvalue weighted by Gasteiger charge is -2.06. The van der Waals surface area contributed by atoms with E-state index in [1.807, 2.05) is 6.07 Å². The summed E-state index contributed by atoms with van der Waals surface area (Å²) in [5, 5.41) is 12.5. The first kappa shape index (κ1) is 18.8. The van der Waals surface area contributed by atoms with Gasteiger partial charge in [-0.2, -0.15) is 0 Å². The average molecular weight is 387 g/mol. The number of thiophene rings is 1. The van der Waals surface area contributed by atoms with Crippen molar-refractivity contribution < 1.29 is 19.0 Å². The lowest BCUT2D eigenvalue weighted by molar-refractivity contribution is 0.0698. The van der Waals surface area contributed by atoms with Crippen LogP contribution >= 0.6 is 11.3 Å². The predicted octanol–water partition coefficient (Wildman–Crippen LogP) is 4.10. The van der Waals surface area contributed by atoms with Crippen LogP contribution in [0.25, 0.3) is 10.6 Å². The van der Waals surface area contributed by atoms with Gasteiger partial charge in [-0.05, 0) is 31.0 Å². The molecule has 0 radical (unpaired) electrons. The molecule has 2 N–H and O–H groups in total. The average Bonchev–Trinajstić information content (AvgIpc) is 3.07. The Morgan fingerprint density at radius 2 is 2.15 bits per heavy atom. The summed E-state index contributed by atoms with van der Waals surface area (Å²) >= 11 is 1.11. The minimum atomic E-state index is -1.03. The van der Waals surface area contributed by atoms with E-state index in [0.717, 1.165) is 16.9 Å². The van der Waals surface area contributed by atoms with E-state index in [9.17, 15) is 14.3 Å². The summed E-state index contributed by atoms with van der Waals surface area (Å²) in [6.45, 7) is 2.76. The van der Waals surface area contributed by atoms with Crippen molar-refractivity contribution in [2.75, 3.05) is 18.5 Å². The van der Waals surface area contributed by atoms with Crippen LogP contribution in [0.15, 0.2) is 42.7 Å². The van der Waals surface area contributed by atoms with E-state index in [-0.39, 0.29) is 10.7 Å². The number of carbonyl (C=O) groups is 1. The van der Waals surface area contributed by atoms with Gasteiger partial charge >= 0.3 is 5.97 Å². The smallest absolute Gasteiger partial charge is 0.349 e. The molecule has 27 heavy (non-hydrogen) atoms. The minimum absolute atomic E-state index is 0.145. The Bertz CT molecular complexity index is 945. The molecule has 0 atom stereocenters. The third-order valence-corrected chi connectivity index (χ3v) is 4.85. The maximum Gasteiger partial charge on any atom is 0.349 e. The van der Waals surface area contributed by atoms with Gasteiger partial charge in [0.05, 0.1) is 17.2 Å². The molecule has 2 aromatic heterocycles. The quantitative estimate of drug-likeness (QED) is 0.605. The number of carboxylic acids is 1. The number of hydrogen-bond acceptors (Lipinski definition) is 6. The molecule has 0 unspecified atom stereocenters. The normalized spacial score (nSPS) is 10.6. The number of nitrogens with one attached hydrogen (secondary N) is 1. The van der Waals surface area contributed by atoms with E-state index in [1.54, 1.807) is 25.1 Å². The van der Waals surface area contributed by atoms with Gasteiger partial charge in [-0.3, -0.25) is 0 Å². The first-order valence-electron chi connectivity index (χ1n) is 8.37. The Hall–Kier alpha value is -3.00. The van der Waals surface area contributed by atoms with E-state index < -0.39 is 5.97 Å². The van der Waals surface area contributed by atoms with Crippen LogP contribution < -0.4 is 10.1 Å². The zero-order chi connectivity index (χ0) is 19.2. The van der Waals surface area contributed by atoms with Crippen LogP contribution in [-0.4, -0.2) is 34.2 Å². The Morgan fingerprint density at radius 3 is 2.89 bits per heavy atom. The lowest BCUT2D eigenvalue weighted by atomic mass is 10.1. The number of hydrogen-bond donors (Lipinski definition) is 2. The predicted molar refractivity (Wildman–Crippen MR) is 102 cm³/mol. The summed E-state index contributed by atoms with van der Waals surface area (Å²) in [7, 11) is 0. The second kappa shape index (κ2) is 8.59. The fourth-order valence-electron chi connectivity index (χ4n) is 2.53. The second-order valence-corrected chi connectivity index (χ2v) is 6.69. The molecule has 140 valence electrons. The van der Waals surface area contributed by atoms with Crippen molar-refractivity contribution in [1.82, 2.24) is 9.97 Å². The highest BCUT2D eigenvalue weighted by Crippen LogP contribution is 2.36. The number of nitrogens with zero attached hydrogens (tertiary/aromatic N) is 2. The van der Waals surface area contributed by atoms with Crippen LogP contribution in [0.2, 0.25) is 0 Å². The molecule has 3 aromatic rings. The van der Waals surface area contributed by atoms with Crippen molar-refractivity contribution >= 4 is 23.1 Å². The summed E-state index contributed by atoms with van der Waals surface area (Å²) in [6.07, 6.45) is 2.06. The highest BCUT2D eigenvalue weighted by atomic mass is 32.1. The fourth-order valence-corrected chi connectivity index (χ4v) is 3.44. The van der Waals surface area contributed by atoms with Gasteiger partial charge in [0.2, 0.25) is 0 Å². The number of carboxylic acid groups (broad SMARTS) is 1. The Balaban J connectivity index is 1.72. The number of aromatic nitrogens is 2. The third-order valence-electron chi connectivity index (χ3n) is 3.72. The molecule has 6 nitrogen and oxygen atoms in total. The zero-order valence-electron chi connectivity index (χ0n) is 14.6. The Kier molecular flexibility index (Phi) is 5.97. The lowest BCUT2D eigenvalue weighted by Crippen LogP contribution is -2.06. The van der Waals surface area contributed by atoms with Crippen molar-refractivity contribution in [3.8, 4) is 16.3 Å². The molecule has 0 saturated heterocycles. The highest BCUT2D eigenvalue weighted by Gasteiger charge is 2.18. The number of rotatable bonds is 8. The highest BCUT2D eigenvalue weighted by molar-refractivity contribution is 7.17. The molecule has 0 aliphatic rings. The molecular formula is C19H18FN3O3S. The molecule has 1 aromatic carbocycles. The molecule has 0 spiro atoms. The second-order valence-electron chi connectivity index (χ2n) is 5.64. The zero-order valence-corrected chi connectivity index (χ0v) is 15.4. The van der Waals surface area contributed by atoms with Crippen molar-refractivity contribution in [2.45, 2.75) is 13.3 Å². The maximum atomic E-state index is 13.2. The van der Waals surface area contributed by atoms with Gasteiger partial charge in [0.25, 0.3) is 0 Å². The van der Waals surface area contributed by atoms with Crippen LogP contribution in [-0.2, 0) is 6.42 Å². The maximum absolute atomic E-state index is 13.2. The Morgan fingerprint density at radius 1 is 1.30 bits per heavy atom. The van der Waals surface area contributed by atoms with Crippen LogP contribution in [0.3, 0.4) is 0 Å². The van der Waals surface area contributed by atoms with Gasteiger partial charge < -0.3 is 15.2 Å². The molecule has 0 aliphatic carbocycles. The van der Waals surface area contributed by atoms with Crippen molar-refractivity contribution in [3.63, 3.8) is 0 Å². The summed E-state index contributed by atoms with van der Waals surface area (Å²) in [6, 6.07) is 9.89. The third kappa shape index (κ3) is 4.79. The van der Waals surface area contributed by atoms with Crippen molar-refractivity contribution in [2.24, 2.45) is 0 Å². The van der Waals surface area contributed by atoms with Crippen LogP contribution in [0.1, 0.15) is 22.2 Å². The molecule has 0 amide bonds. The van der Waals surface area contributed by atoms with Gasteiger partial charge in [0.15, 0.2) is 4.88 Å². The molecule has 8 heteroatoms. The largest absolute Gasteiger partial charge is 0.492 e. The number of aromatic carboxylic acids is 1. The van der Waals surface area contributed by atoms with E-state index in [4.69, 9.17) is 4.74 Å². The molecular weight excluding hydrogens is 369 g/mol. The van der Waals surface area contributed by atoms with E-state index >= 15 is 0 Å². The first-order chi connectivity index (χ1) is 13.1. The molecule has 3 rings (SSSR count). The van der Waals surface area contributed by atoms with Gasteiger partial charge in [0, 0.05) is 18.7 Å². The van der Waals surface area contributed by atoms with Gasteiger partial charge in [-0.1, -0.05) is 12.1 Å². The first-order valence-corrected chi connectivity index (χ1v) is 9.19. The SMILES string of the molecule is CCOc1cc(-c2cc(NCCc3cccc(F)c3)ncn2)sc1C(=O)O. The molecule has 0 bridgehead atoms. The number of halogens is 1. The summed E-state index contributed by atoms with van der Waals surface area (Å²) in [5.41, 5.74) is 1.50. The van der Waals surface area contributed by atoms with Crippen LogP contribution in [0.4, 0.5) is 10.2 Å². The van der Waals surface area contributed by atoms with E-state index in [0.29, 0.717) is 41.7 Å². The van der Waals surface area contributed by atoms with E-state index in [2.05, 4.69) is 15.3 Å². The summed E-state index contributed by atoms with van der Waals surface area (Å²) in [4.78, 5) is 20.6. The van der Waals surface area contributed by atoms with Gasteiger partial charge in [-0.15, -0.1) is 11.3 Å². The molecule has 2 heterocycles. The van der Waals surface area contributed by atoms with Gasteiger partial charge in [0.1, 0.15) is 23.7 Å². The molecule has 0 saturated carbocycles. The van der Waals surface area contributed by atoms with Gasteiger partial charge in [-0.25, -0.2) is 19.2 Å². The minimum Gasteiger partial charge on any atom is -0.492 e. The van der Waals surface area contributed by atoms with E-state index in [1.165, 1.54) is 18.5 Å². The fraction of sp³-hybridized carbons (Fsp3) is 0.211. The standard InChI is InChI=1S/C19H18FN3O3S/c1-2-26-15-10-16(27-18(15)19(24)25)14-9-17(23-11-22-14)21-7-6-12-4-3-5-13(20)8-12/h3-5,8-11H,2,6-7H2,1H3,(H,24,25)(H,21,22,23). The number of benzene rings is 1. The Labute approximate surface area is 159 Å². The number of anilines is 1. The van der Waals surface area contributed by atoms with Crippen molar-refractivity contribution in [3.05, 3.63) is 59.0 Å². The van der Waals surface area contributed by atoms with Crippen LogP contribution in [0, 0.1) is 5.82 Å². The molecule has 0 aliphatic heterocycles. The summed E-state index contributed by atoms with van der Waals surface area (Å²) < 4.78 is 18.6.